The zero-order valence-corrected chi connectivity index (χ0v) is 14.2. The number of benzene rings is 1. The molecule has 23 heavy (non-hydrogen) atoms. The zero-order valence-electron chi connectivity index (χ0n) is 13.4. The number of amidine groups is 1. The molecule has 0 radical (unpaired) electrons. The van der Waals surface area contributed by atoms with Crippen molar-refractivity contribution < 1.29 is 9.53 Å². The van der Waals surface area contributed by atoms with E-state index >= 15 is 0 Å². The number of amides is 1. The lowest BCUT2D eigenvalue weighted by atomic mass is 9.96. The Balaban J connectivity index is 1.71. The van der Waals surface area contributed by atoms with E-state index in [4.69, 9.17) is 9.73 Å². The van der Waals surface area contributed by atoms with Gasteiger partial charge in [0.05, 0.1) is 17.6 Å². The second kappa shape index (κ2) is 7.68. The summed E-state index contributed by atoms with van der Waals surface area (Å²) >= 11 is 1.44. The normalized spacial score (nSPS) is 22.6. The summed E-state index contributed by atoms with van der Waals surface area (Å²) in [6, 6.07) is 8.14. The van der Waals surface area contributed by atoms with E-state index in [1.807, 2.05) is 37.3 Å². The van der Waals surface area contributed by atoms with Crippen LogP contribution in [0.25, 0.3) is 6.08 Å². The van der Waals surface area contributed by atoms with Crippen molar-refractivity contribution in [1.82, 2.24) is 5.32 Å². The van der Waals surface area contributed by atoms with Crippen molar-refractivity contribution in [3.05, 3.63) is 34.7 Å². The number of carbonyl (C=O) groups is 1. The van der Waals surface area contributed by atoms with Gasteiger partial charge in [0.25, 0.3) is 5.91 Å². The molecular formula is C18H22N2O2S. The van der Waals surface area contributed by atoms with E-state index in [0.717, 1.165) is 29.3 Å². The van der Waals surface area contributed by atoms with Crippen LogP contribution >= 0.6 is 11.8 Å². The lowest BCUT2D eigenvalue weighted by molar-refractivity contribution is -0.115. The van der Waals surface area contributed by atoms with Crippen molar-refractivity contribution in [2.45, 2.75) is 45.1 Å². The van der Waals surface area contributed by atoms with Gasteiger partial charge in [-0.3, -0.25) is 9.79 Å². The Morgan fingerprint density at radius 1 is 1.35 bits per heavy atom. The minimum absolute atomic E-state index is 0.0635. The van der Waals surface area contributed by atoms with Gasteiger partial charge in [0.2, 0.25) is 0 Å². The van der Waals surface area contributed by atoms with E-state index in [9.17, 15) is 4.79 Å². The summed E-state index contributed by atoms with van der Waals surface area (Å²) in [5, 5.41) is 3.63. The van der Waals surface area contributed by atoms with Gasteiger partial charge in [-0.1, -0.05) is 31.4 Å². The van der Waals surface area contributed by atoms with Crippen molar-refractivity contribution in [1.29, 1.82) is 0 Å². The number of carbonyl (C=O) groups excluding carboxylic acids is 1. The van der Waals surface area contributed by atoms with Gasteiger partial charge in [-0.2, -0.15) is 0 Å². The fourth-order valence-corrected chi connectivity index (χ4v) is 3.77. The SMILES string of the molecule is CCOc1cccc(/C=C2\SC(=NC3CCCCC3)NC2=O)c1. The van der Waals surface area contributed by atoms with E-state index < -0.39 is 0 Å². The summed E-state index contributed by atoms with van der Waals surface area (Å²) in [6.07, 6.45) is 7.96. The van der Waals surface area contributed by atoms with Gasteiger partial charge < -0.3 is 10.1 Å². The average Bonchev–Trinajstić information content (AvgIpc) is 2.88. The molecule has 0 unspecified atom stereocenters. The van der Waals surface area contributed by atoms with Gasteiger partial charge in [0.15, 0.2) is 5.17 Å². The lowest BCUT2D eigenvalue weighted by Gasteiger charge is -2.17. The molecule has 2 fully saturated rings. The zero-order chi connectivity index (χ0) is 16.1. The Labute approximate surface area is 141 Å². The van der Waals surface area contributed by atoms with Gasteiger partial charge in [0.1, 0.15) is 5.75 Å². The summed E-state index contributed by atoms with van der Waals surface area (Å²) in [6.45, 7) is 2.59. The molecule has 1 aliphatic heterocycles. The maximum atomic E-state index is 12.1. The highest BCUT2D eigenvalue weighted by molar-refractivity contribution is 8.18. The quantitative estimate of drug-likeness (QED) is 0.850. The first-order valence-corrected chi connectivity index (χ1v) is 9.08. The first kappa shape index (κ1) is 16.1. The van der Waals surface area contributed by atoms with Crippen LogP contribution in [-0.4, -0.2) is 23.7 Å². The van der Waals surface area contributed by atoms with Gasteiger partial charge in [-0.25, -0.2) is 0 Å². The van der Waals surface area contributed by atoms with Crippen LogP contribution in [0, 0.1) is 0 Å². The molecule has 5 heteroatoms. The third-order valence-electron chi connectivity index (χ3n) is 3.99. The maximum absolute atomic E-state index is 12.1. The number of thioether (sulfide) groups is 1. The molecule has 0 spiro atoms. The van der Waals surface area contributed by atoms with E-state index in [1.165, 1.54) is 31.0 Å². The molecule has 0 aromatic heterocycles. The molecule has 3 rings (SSSR count). The van der Waals surface area contributed by atoms with Crippen LogP contribution in [0.2, 0.25) is 0 Å². The van der Waals surface area contributed by atoms with Gasteiger partial charge in [0, 0.05) is 0 Å². The van der Waals surface area contributed by atoms with Crippen molar-refractivity contribution in [2.75, 3.05) is 6.61 Å². The molecular weight excluding hydrogens is 308 g/mol. The molecule has 122 valence electrons. The van der Waals surface area contributed by atoms with Crippen molar-refractivity contribution >= 4 is 28.9 Å². The third kappa shape index (κ3) is 4.38. The van der Waals surface area contributed by atoms with Crippen LogP contribution < -0.4 is 10.1 Å². The van der Waals surface area contributed by atoms with Crippen molar-refractivity contribution in [3.8, 4) is 5.75 Å². The second-order valence-corrected chi connectivity index (χ2v) is 6.83. The van der Waals surface area contributed by atoms with Crippen LogP contribution in [0.1, 0.15) is 44.6 Å². The van der Waals surface area contributed by atoms with E-state index in [-0.39, 0.29) is 5.91 Å². The van der Waals surface area contributed by atoms with Crippen LogP contribution in [-0.2, 0) is 4.79 Å². The second-order valence-electron chi connectivity index (χ2n) is 5.80. The number of rotatable bonds is 4. The summed E-state index contributed by atoms with van der Waals surface area (Å²) in [4.78, 5) is 17.5. The number of nitrogens with zero attached hydrogens (tertiary/aromatic N) is 1. The first-order valence-electron chi connectivity index (χ1n) is 8.26. The number of nitrogens with one attached hydrogen (secondary N) is 1. The molecule has 1 aliphatic carbocycles. The van der Waals surface area contributed by atoms with Crippen LogP contribution in [0.15, 0.2) is 34.2 Å². The maximum Gasteiger partial charge on any atom is 0.264 e. The summed E-state index contributed by atoms with van der Waals surface area (Å²) in [5.41, 5.74) is 0.965. The smallest absolute Gasteiger partial charge is 0.264 e. The van der Waals surface area contributed by atoms with Crippen LogP contribution in [0.3, 0.4) is 0 Å². The van der Waals surface area contributed by atoms with Crippen LogP contribution in [0.5, 0.6) is 5.75 Å². The van der Waals surface area contributed by atoms with Gasteiger partial charge in [-0.05, 0) is 55.3 Å². The molecule has 0 atom stereocenters. The Bertz CT molecular complexity index is 634. The molecule has 1 amide bonds. The van der Waals surface area contributed by atoms with E-state index in [2.05, 4.69) is 5.32 Å². The fourth-order valence-electron chi connectivity index (χ4n) is 2.88. The Morgan fingerprint density at radius 3 is 2.96 bits per heavy atom. The number of aliphatic imine (C=N–C) groups is 1. The summed E-state index contributed by atoms with van der Waals surface area (Å²) < 4.78 is 5.50. The molecule has 1 aromatic rings. The molecule has 0 bridgehead atoms. The minimum atomic E-state index is -0.0635. The molecule has 1 saturated carbocycles. The average molecular weight is 330 g/mol. The summed E-state index contributed by atoms with van der Waals surface area (Å²) in [7, 11) is 0. The summed E-state index contributed by atoms with van der Waals surface area (Å²) in [5.74, 6) is 0.757. The molecule has 1 N–H and O–H groups in total. The number of hydrogen-bond donors (Lipinski definition) is 1. The Kier molecular flexibility index (Phi) is 5.39. The molecule has 2 aliphatic rings. The Hall–Kier alpha value is -1.75. The van der Waals surface area contributed by atoms with E-state index in [1.54, 1.807) is 0 Å². The van der Waals surface area contributed by atoms with Gasteiger partial charge >= 0.3 is 0 Å². The number of ether oxygens (including phenoxy) is 1. The van der Waals surface area contributed by atoms with Crippen molar-refractivity contribution in [2.24, 2.45) is 4.99 Å². The third-order valence-corrected chi connectivity index (χ3v) is 4.92. The van der Waals surface area contributed by atoms with Gasteiger partial charge in [-0.15, -0.1) is 0 Å². The number of hydrogen-bond acceptors (Lipinski definition) is 4. The topological polar surface area (TPSA) is 50.7 Å². The minimum Gasteiger partial charge on any atom is -0.494 e. The molecule has 1 aromatic carbocycles. The lowest BCUT2D eigenvalue weighted by Crippen LogP contribution is -2.22. The van der Waals surface area contributed by atoms with E-state index in [0.29, 0.717) is 17.6 Å². The Morgan fingerprint density at radius 2 is 2.17 bits per heavy atom. The molecule has 1 saturated heterocycles. The highest BCUT2D eigenvalue weighted by Gasteiger charge is 2.25. The molecule has 1 heterocycles. The van der Waals surface area contributed by atoms with Crippen molar-refractivity contribution in [3.63, 3.8) is 0 Å². The fraction of sp³-hybridized carbons (Fsp3) is 0.444. The monoisotopic (exact) mass is 330 g/mol. The molecule has 4 nitrogen and oxygen atoms in total. The predicted molar refractivity (Wildman–Crippen MR) is 95.6 cm³/mol. The standard InChI is InChI=1S/C18H22N2O2S/c1-2-22-15-10-6-7-13(11-15)12-16-17(21)20-18(23-16)19-14-8-4-3-5-9-14/h6-7,10-12,14H,2-5,8-9H2,1H3,(H,19,20,21)/b16-12-. The predicted octanol–water partition coefficient (Wildman–Crippen LogP) is 3.98. The van der Waals surface area contributed by atoms with Crippen LogP contribution in [0.4, 0.5) is 0 Å². The first-order chi connectivity index (χ1) is 11.2. The highest BCUT2D eigenvalue weighted by atomic mass is 32.2. The largest absolute Gasteiger partial charge is 0.494 e. The highest BCUT2D eigenvalue weighted by Crippen LogP contribution is 2.29.